The lowest BCUT2D eigenvalue weighted by atomic mass is 9.99. The molecule has 1 aliphatic rings. The minimum atomic E-state index is -0.0649. The van der Waals surface area contributed by atoms with Crippen LogP contribution < -0.4 is 5.43 Å². The molecule has 1 rings (SSSR count). The smallest absolute Gasteiger partial charge is 0.242 e. The van der Waals surface area contributed by atoms with Crippen molar-refractivity contribution >= 4 is 11.6 Å². The number of carbonyl (C=O) groups is 1. The Morgan fingerprint density at radius 1 is 1.43 bits per heavy atom. The third-order valence-electron chi connectivity index (χ3n) is 2.30. The zero-order valence-corrected chi connectivity index (χ0v) is 8.71. The van der Waals surface area contributed by atoms with E-state index in [-0.39, 0.29) is 5.91 Å². The molecule has 0 atom stereocenters. The third kappa shape index (κ3) is 4.37. The van der Waals surface area contributed by atoms with Crippen molar-refractivity contribution in [1.29, 1.82) is 0 Å². The predicted octanol–water partition coefficient (Wildman–Crippen LogP) is 1.46. The highest BCUT2D eigenvalue weighted by Gasteiger charge is 2.07. The number of nitrogens with zero attached hydrogens (tertiary/aromatic N) is 1. The van der Waals surface area contributed by atoms with E-state index in [1.807, 2.05) is 0 Å². The van der Waals surface area contributed by atoms with Crippen molar-refractivity contribution < 1.29 is 9.53 Å². The van der Waals surface area contributed by atoms with Crippen LogP contribution in [0.4, 0.5) is 0 Å². The quantitative estimate of drug-likeness (QED) is 0.695. The topological polar surface area (TPSA) is 50.7 Å². The van der Waals surface area contributed by atoms with E-state index in [0.29, 0.717) is 13.0 Å². The van der Waals surface area contributed by atoms with Gasteiger partial charge in [0.05, 0.1) is 13.0 Å². The number of hydrazone groups is 1. The number of nitrogens with one attached hydrogen (secondary N) is 1. The van der Waals surface area contributed by atoms with Crippen LogP contribution in [0.25, 0.3) is 0 Å². The van der Waals surface area contributed by atoms with Gasteiger partial charge in [-0.25, -0.2) is 5.43 Å². The largest absolute Gasteiger partial charge is 0.384 e. The average Bonchev–Trinajstić information content (AvgIpc) is 2.25. The van der Waals surface area contributed by atoms with E-state index in [2.05, 4.69) is 10.5 Å². The molecule has 0 aliphatic heterocycles. The van der Waals surface area contributed by atoms with Gasteiger partial charge in [-0.15, -0.1) is 0 Å². The highest BCUT2D eigenvalue weighted by atomic mass is 16.5. The summed E-state index contributed by atoms with van der Waals surface area (Å²) >= 11 is 0. The molecule has 0 radical (unpaired) electrons. The van der Waals surface area contributed by atoms with Gasteiger partial charge in [0.1, 0.15) is 0 Å². The number of carbonyl (C=O) groups excluding carboxylic acids is 1. The monoisotopic (exact) mass is 198 g/mol. The van der Waals surface area contributed by atoms with Gasteiger partial charge in [0.2, 0.25) is 5.91 Å². The molecule has 0 unspecified atom stereocenters. The molecule has 0 aromatic carbocycles. The summed E-state index contributed by atoms with van der Waals surface area (Å²) in [4.78, 5) is 11.1. The van der Waals surface area contributed by atoms with Crippen molar-refractivity contribution in [3.05, 3.63) is 0 Å². The minimum Gasteiger partial charge on any atom is -0.384 e. The average molecular weight is 198 g/mol. The maximum absolute atomic E-state index is 11.1. The molecule has 14 heavy (non-hydrogen) atoms. The fraction of sp³-hybridized carbons (Fsp3) is 0.800. The molecule has 80 valence electrons. The first-order chi connectivity index (χ1) is 6.83. The Morgan fingerprint density at radius 3 is 2.79 bits per heavy atom. The van der Waals surface area contributed by atoms with Crippen LogP contribution in [0, 0.1) is 0 Å². The summed E-state index contributed by atoms with van der Waals surface area (Å²) in [5.74, 6) is -0.0649. The summed E-state index contributed by atoms with van der Waals surface area (Å²) in [5.41, 5.74) is 3.68. The molecule has 0 bridgehead atoms. The van der Waals surface area contributed by atoms with Crippen molar-refractivity contribution in [3.63, 3.8) is 0 Å². The molecule has 0 heterocycles. The van der Waals surface area contributed by atoms with Crippen LogP contribution >= 0.6 is 0 Å². The molecule has 1 aliphatic carbocycles. The second-order valence-electron chi connectivity index (χ2n) is 3.52. The second-order valence-corrected chi connectivity index (χ2v) is 3.52. The lowest BCUT2D eigenvalue weighted by molar-refractivity contribution is -0.121. The fourth-order valence-corrected chi connectivity index (χ4v) is 1.46. The fourth-order valence-electron chi connectivity index (χ4n) is 1.46. The molecule has 1 amide bonds. The van der Waals surface area contributed by atoms with Crippen LogP contribution in [0.5, 0.6) is 0 Å². The first-order valence-corrected chi connectivity index (χ1v) is 5.16. The highest BCUT2D eigenvalue weighted by Crippen LogP contribution is 2.14. The zero-order chi connectivity index (χ0) is 10.2. The SMILES string of the molecule is COCCC(=O)NN=C1CCCCC1. The standard InChI is InChI=1S/C10H18N2O2/c1-14-8-7-10(13)12-11-9-5-3-2-4-6-9/h2-8H2,1H3,(H,12,13). The summed E-state index contributed by atoms with van der Waals surface area (Å²) < 4.78 is 4.79. The van der Waals surface area contributed by atoms with Crippen LogP contribution in [0.15, 0.2) is 5.10 Å². The normalized spacial score (nSPS) is 16.5. The van der Waals surface area contributed by atoms with Crippen LogP contribution in [0.2, 0.25) is 0 Å². The van der Waals surface area contributed by atoms with Crippen LogP contribution in [0.3, 0.4) is 0 Å². The molecule has 1 fully saturated rings. The predicted molar refractivity (Wildman–Crippen MR) is 55.2 cm³/mol. The Labute approximate surface area is 84.7 Å². The van der Waals surface area contributed by atoms with Crippen molar-refractivity contribution in [2.75, 3.05) is 13.7 Å². The Kier molecular flexibility index (Phi) is 5.22. The van der Waals surface area contributed by atoms with E-state index in [9.17, 15) is 4.79 Å². The highest BCUT2D eigenvalue weighted by molar-refractivity contribution is 5.86. The molecule has 1 saturated carbocycles. The molecule has 0 aromatic heterocycles. The van der Waals surface area contributed by atoms with Gasteiger partial charge in [0, 0.05) is 12.8 Å². The lowest BCUT2D eigenvalue weighted by Crippen LogP contribution is -2.21. The van der Waals surface area contributed by atoms with Gasteiger partial charge in [-0.2, -0.15) is 5.10 Å². The maximum Gasteiger partial charge on any atom is 0.242 e. The molecular formula is C10H18N2O2. The van der Waals surface area contributed by atoms with Crippen molar-refractivity contribution in [2.45, 2.75) is 38.5 Å². The van der Waals surface area contributed by atoms with Gasteiger partial charge in [0.15, 0.2) is 0 Å². The van der Waals surface area contributed by atoms with Crippen LogP contribution in [0.1, 0.15) is 38.5 Å². The van der Waals surface area contributed by atoms with E-state index in [4.69, 9.17) is 4.74 Å². The van der Waals surface area contributed by atoms with Crippen LogP contribution in [-0.4, -0.2) is 25.3 Å². The second kappa shape index (κ2) is 6.54. The Hall–Kier alpha value is -0.900. The number of hydrogen-bond acceptors (Lipinski definition) is 3. The van der Waals surface area contributed by atoms with Crippen molar-refractivity contribution in [1.82, 2.24) is 5.43 Å². The maximum atomic E-state index is 11.1. The Balaban J connectivity index is 2.19. The summed E-state index contributed by atoms with van der Waals surface area (Å²) in [6.45, 7) is 0.455. The van der Waals surface area contributed by atoms with Crippen molar-refractivity contribution in [2.24, 2.45) is 5.10 Å². The van der Waals surface area contributed by atoms with E-state index in [0.717, 1.165) is 18.6 Å². The lowest BCUT2D eigenvalue weighted by Gasteiger charge is -2.11. The van der Waals surface area contributed by atoms with Crippen LogP contribution in [-0.2, 0) is 9.53 Å². The van der Waals surface area contributed by atoms with E-state index < -0.39 is 0 Å². The molecular weight excluding hydrogens is 180 g/mol. The zero-order valence-electron chi connectivity index (χ0n) is 8.71. The van der Waals surface area contributed by atoms with Gasteiger partial charge < -0.3 is 4.74 Å². The Bertz CT molecular complexity index is 206. The third-order valence-corrected chi connectivity index (χ3v) is 2.30. The molecule has 1 N–H and O–H groups in total. The van der Waals surface area contributed by atoms with Gasteiger partial charge >= 0.3 is 0 Å². The number of ether oxygens (including phenoxy) is 1. The van der Waals surface area contributed by atoms with Gasteiger partial charge in [-0.1, -0.05) is 6.42 Å². The number of hydrogen-bond donors (Lipinski definition) is 1. The number of rotatable bonds is 4. The summed E-state index contributed by atoms with van der Waals surface area (Å²) in [7, 11) is 1.58. The molecule has 4 nitrogen and oxygen atoms in total. The van der Waals surface area contributed by atoms with E-state index in [1.54, 1.807) is 7.11 Å². The molecule has 0 saturated heterocycles. The van der Waals surface area contributed by atoms with Gasteiger partial charge in [-0.05, 0) is 25.7 Å². The number of amides is 1. The summed E-state index contributed by atoms with van der Waals surface area (Å²) in [6, 6.07) is 0. The summed E-state index contributed by atoms with van der Waals surface area (Å²) in [5, 5.41) is 4.10. The van der Waals surface area contributed by atoms with E-state index in [1.165, 1.54) is 19.3 Å². The molecule has 0 aromatic rings. The number of methoxy groups -OCH3 is 1. The van der Waals surface area contributed by atoms with Gasteiger partial charge in [0.25, 0.3) is 0 Å². The first-order valence-electron chi connectivity index (χ1n) is 5.16. The molecule has 4 heteroatoms. The minimum absolute atomic E-state index is 0.0649. The Morgan fingerprint density at radius 2 is 2.14 bits per heavy atom. The first kappa shape index (κ1) is 11.2. The summed E-state index contributed by atoms with van der Waals surface area (Å²) in [6.07, 6.45) is 6.14. The van der Waals surface area contributed by atoms with Crippen molar-refractivity contribution in [3.8, 4) is 0 Å². The van der Waals surface area contributed by atoms with Gasteiger partial charge in [-0.3, -0.25) is 4.79 Å². The molecule has 0 spiro atoms. The van der Waals surface area contributed by atoms with E-state index >= 15 is 0 Å².